The van der Waals surface area contributed by atoms with Crippen LogP contribution in [0, 0.1) is 11.6 Å². The van der Waals surface area contributed by atoms with E-state index in [0.717, 1.165) is 42.0 Å². The first-order chi connectivity index (χ1) is 12.9. The van der Waals surface area contributed by atoms with Crippen LogP contribution in [-0.4, -0.2) is 34.4 Å². The van der Waals surface area contributed by atoms with E-state index in [2.05, 4.69) is 5.32 Å². The van der Waals surface area contributed by atoms with Crippen molar-refractivity contribution in [3.05, 3.63) is 63.6 Å². The molecule has 0 spiro atoms. The highest BCUT2D eigenvalue weighted by molar-refractivity contribution is 6.05. The molecule has 2 heterocycles. The fraction of sp³-hybridized carbons (Fsp3) is 0.316. The molecular formula is C19H19F2N3O3. The number of amides is 2. The maximum atomic E-state index is 13.8. The number of carbonyl (C=O) groups excluding carboxylic acids is 2. The summed E-state index contributed by atoms with van der Waals surface area (Å²) in [5.41, 5.74) is -1.36. The molecule has 0 atom stereocenters. The van der Waals surface area contributed by atoms with E-state index in [4.69, 9.17) is 0 Å². The van der Waals surface area contributed by atoms with Crippen LogP contribution in [0.25, 0.3) is 0 Å². The lowest BCUT2D eigenvalue weighted by Gasteiger charge is -2.27. The Morgan fingerprint density at radius 3 is 2.33 bits per heavy atom. The number of piperidine rings is 1. The Morgan fingerprint density at radius 2 is 1.70 bits per heavy atom. The van der Waals surface area contributed by atoms with E-state index in [1.165, 1.54) is 19.3 Å². The molecule has 6 nitrogen and oxygen atoms in total. The number of aryl methyl sites for hydroxylation is 1. The highest BCUT2D eigenvalue weighted by atomic mass is 19.1. The third kappa shape index (κ3) is 3.89. The first kappa shape index (κ1) is 18.8. The van der Waals surface area contributed by atoms with Gasteiger partial charge in [0.15, 0.2) is 0 Å². The van der Waals surface area contributed by atoms with Gasteiger partial charge in [0.1, 0.15) is 22.9 Å². The van der Waals surface area contributed by atoms with Gasteiger partial charge < -0.3 is 14.8 Å². The van der Waals surface area contributed by atoms with E-state index in [1.54, 1.807) is 4.90 Å². The number of carbonyl (C=O) groups is 2. The number of hydrogen-bond acceptors (Lipinski definition) is 3. The van der Waals surface area contributed by atoms with Gasteiger partial charge in [-0.1, -0.05) is 6.07 Å². The van der Waals surface area contributed by atoms with Gasteiger partial charge in [-0.3, -0.25) is 14.4 Å². The zero-order chi connectivity index (χ0) is 19.6. The SMILES string of the molecule is Cn1cc(C(=O)N2CCCCC2)cc(NC(=O)c2c(F)cccc2F)c1=O. The molecular weight excluding hydrogens is 356 g/mol. The normalized spacial score (nSPS) is 14.1. The number of hydrogen-bond donors (Lipinski definition) is 1. The van der Waals surface area contributed by atoms with Crippen LogP contribution in [0.3, 0.4) is 0 Å². The largest absolute Gasteiger partial charge is 0.339 e. The van der Waals surface area contributed by atoms with Gasteiger partial charge in [-0.05, 0) is 37.5 Å². The summed E-state index contributed by atoms with van der Waals surface area (Å²) in [6.45, 7) is 1.26. The molecule has 27 heavy (non-hydrogen) atoms. The molecule has 0 unspecified atom stereocenters. The first-order valence-corrected chi connectivity index (χ1v) is 8.64. The van der Waals surface area contributed by atoms with Crippen molar-refractivity contribution in [1.82, 2.24) is 9.47 Å². The summed E-state index contributed by atoms with van der Waals surface area (Å²) in [5.74, 6) is -3.42. The average Bonchev–Trinajstić information content (AvgIpc) is 2.65. The Morgan fingerprint density at radius 1 is 1.07 bits per heavy atom. The predicted molar refractivity (Wildman–Crippen MR) is 95.7 cm³/mol. The molecule has 3 rings (SSSR count). The third-order valence-corrected chi connectivity index (χ3v) is 4.51. The number of halogens is 2. The predicted octanol–water partition coefficient (Wildman–Crippen LogP) is 2.54. The van der Waals surface area contributed by atoms with Crippen LogP contribution < -0.4 is 10.9 Å². The van der Waals surface area contributed by atoms with Gasteiger partial charge in [0.25, 0.3) is 17.4 Å². The van der Waals surface area contributed by atoms with Gasteiger partial charge >= 0.3 is 0 Å². The van der Waals surface area contributed by atoms with Crippen molar-refractivity contribution in [2.75, 3.05) is 18.4 Å². The molecule has 0 saturated carbocycles. The van der Waals surface area contributed by atoms with Crippen molar-refractivity contribution in [3.63, 3.8) is 0 Å². The summed E-state index contributed by atoms with van der Waals surface area (Å²) in [6, 6.07) is 4.28. The van der Waals surface area contributed by atoms with E-state index in [9.17, 15) is 23.2 Å². The van der Waals surface area contributed by atoms with E-state index in [0.29, 0.717) is 13.1 Å². The number of anilines is 1. The van der Waals surface area contributed by atoms with Crippen LogP contribution in [0.5, 0.6) is 0 Å². The van der Waals surface area contributed by atoms with Crippen molar-refractivity contribution < 1.29 is 18.4 Å². The van der Waals surface area contributed by atoms with Gasteiger partial charge in [-0.25, -0.2) is 8.78 Å². The third-order valence-electron chi connectivity index (χ3n) is 4.51. The van der Waals surface area contributed by atoms with Crippen LogP contribution in [-0.2, 0) is 7.05 Å². The standard InChI is InChI=1S/C19H19F2N3O3/c1-23-11-12(18(26)24-8-3-2-4-9-24)10-15(19(23)27)22-17(25)16-13(20)6-5-7-14(16)21/h5-7,10-11H,2-4,8-9H2,1H3,(H,22,25). The number of rotatable bonds is 3. The van der Waals surface area contributed by atoms with Crippen LogP contribution in [0.2, 0.25) is 0 Å². The van der Waals surface area contributed by atoms with Gasteiger partial charge in [0.2, 0.25) is 0 Å². The molecule has 1 aliphatic heterocycles. The minimum absolute atomic E-state index is 0.215. The van der Waals surface area contributed by atoms with Crippen molar-refractivity contribution in [1.29, 1.82) is 0 Å². The molecule has 142 valence electrons. The van der Waals surface area contributed by atoms with Crippen molar-refractivity contribution in [3.8, 4) is 0 Å². The molecule has 0 bridgehead atoms. The number of pyridine rings is 1. The second-order valence-corrected chi connectivity index (χ2v) is 6.46. The van der Waals surface area contributed by atoms with Crippen LogP contribution in [0.1, 0.15) is 40.0 Å². The second-order valence-electron chi connectivity index (χ2n) is 6.46. The summed E-state index contributed by atoms with van der Waals surface area (Å²) in [5, 5.41) is 2.22. The molecule has 0 radical (unpaired) electrons. The fourth-order valence-electron chi connectivity index (χ4n) is 3.10. The summed E-state index contributed by atoms with van der Waals surface area (Å²) in [6.07, 6.45) is 4.27. The minimum Gasteiger partial charge on any atom is -0.339 e. The highest BCUT2D eigenvalue weighted by Gasteiger charge is 2.22. The quantitative estimate of drug-likeness (QED) is 0.896. The zero-order valence-electron chi connectivity index (χ0n) is 14.8. The van der Waals surface area contributed by atoms with E-state index < -0.39 is 28.7 Å². The van der Waals surface area contributed by atoms with E-state index in [-0.39, 0.29) is 17.2 Å². The molecule has 0 aliphatic carbocycles. The molecule has 1 aromatic carbocycles. The van der Waals surface area contributed by atoms with Crippen LogP contribution in [0.4, 0.5) is 14.5 Å². The Labute approximate surface area is 154 Å². The topological polar surface area (TPSA) is 71.4 Å². The van der Waals surface area contributed by atoms with Gasteiger partial charge in [-0.2, -0.15) is 0 Å². The Kier molecular flexibility index (Phi) is 5.34. The molecule has 1 N–H and O–H groups in total. The van der Waals surface area contributed by atoms with Gasteiger partial charge in [0.05, 0.1) is 5.56 Å². The molecule has 1 saturated heterocycles. The second kappa shape index (κ2) is 7.69. The molecule has 1 fully saturated rings. The van der Waals surface area contributed by atoms with Crippen molar-refractivity contribution in [2.24, 2.45) is 7.05 Å². The van der Waals surface area contributed by atoms with Gasteiger partial charge in [-0.15, -0.1) is 0 Å². The molecule has 1 aromatic heterocycles. The lowest BCUT2D eigenvalue weighted by Crippen LogP contribution is -2.36. The van der Waals surface area contributed by atoms with Gasteiger partial charge in [0, 0.05) is 26.3 Å². The molecule has 1 aliphatic rings. The van der Waals surface area contributed by atoms with Crippen LogP contribution in [0.15, 0.2) is 35.3 Å². The number of aromatic nitrogens is 1. The average molecular weight is 375 g/mol. The van der Waals surface area contributed by atoms with E-state index >= 15 is 0 Å². The summed E-state index contributed by atoms with van der Waals surface area (Å²) in [4.78, 5) is 38.9. The summed E-state index contributed by atoms with van der Waals surface area (Å²) in [7, 11) is 1.44. The summed E-state index contributed by atoms with van der Waals surface area (Å²) >= 11 is 0. The first-order valence-electron chi connectivity index (χ1n) is 8.64. The van der Waals surface area contributed by atoms with Crippen molar-refractivity contribution in [2.45, 2.75) is 19.3 Å². The Bertz CT molecular complexity index is 929. The molecule has 2 amide bonds. The lowest BCUT2D eigenvalue weighted by atomic mass is 10.1. The maximum Gasteiger partial charge on any atom is 0.274 e. The lowest BCUT2D eigenvalue weighted by molar-refractivity contribution is 0.0723. The number of likely N-dealkylation sites (tertiary alicyclic amines) is 1. The smallest absolute Gasteiger partial charge is 0.274 e. The Hall–Kier alpha value is -3.03. The number of benzene rings is 1. The zero-order valence-corrected chi connectivity index (χ0v) is 14.8. The maximum absolute atomic E-state index is 13.8. The summed E-state index contributed by atoms with van der Waals surface area (Å²) < 4.78 is 28.7. The minimum atomic E-state index is -1.09. The number of nitrogens with zero attached hydrogens (tertiary/aromatic N) is 2. The Balaban J connectivity index is 1.91. The highest BCUT2D eigenvalue weighted by Crippen LogP contribution is 2.17. The fourth-order valence-corrected chi connectivity index (χ4v) is 3.10. The van der Waals surface area contributed by atoms with E-state index in [1.807, 2.05) is 0 Å². The number of nitrogens with one attached hydrogen (secondary N) is 1. The molecule has 8 heteroatoms. The monoisotopic (exact) mass is 375 g/mol. The molecule has 2 aromatic rings. The van der Waals surface area contributed by atoms with Crippen LogP contribution >= 0.6 is 0 Å². The van der Waals surface area contributed by atoms with Crippen molar-refractivity contribution >= 4 is 17.5 Å².